The number of ether oxygens (including phenoxy) is 2. The highest BCUT2D eigenvalue weighted by molar-refractivity contribution is 6.03. The molecule has 2 N–H and O–H groups in total. The molecule has 1 aromatic carbocycles. The summed E-state index contributed by atoms with van der Waals surface area (Å²) in [6.07, 6.45) is 2.88. The summed E-state index contributed by atoms with van der Waals surface area (Å²) in [5.41, 5.74) is 6.05. The average Bonchev–Trinajstić information content (AvgIpc) is 2.42. The number of anilines is 1. The van der Waals surface area contributed by atoms with Crippen LogP contribution in [0.3, 0.4) is 0 Å². The van der Waals surface area contributed by atoms with Gasteiger partial charge in [0.15, 0.2) is 0 Å². The van der Waals surface area contributed by atoms with Crippen LogP contribution in [0.25, 0.3) is 0 Å². The van der Waals surface area contributed by atoms with Crippen molar-refractivity contribution in [3.05, 3.63) is 54.6 Å². The summed E-state index contributed by atoms with van der Waals surface area (Å²) < 4.78 is 9.74. The first kappa shape index (κ1) is 14.5. The van der Waals surface area contributed by atoms with Crippen molar-refractivity contribution in [3.63, 3.8) is 0 Å². The highest BCUT2D eigenvalue weighted by atomic mass is 16.5. The van der Waals surface area contributed by atoms with Crippen molar-refractivity contribution >= 4 is 17.6 Å². The molecule has 100 valence electrons. The predicted octanol–water partition coefficient (Wildman–Crippen LogP) is 1.95. The van der Waals surface area contributed by atoms with E-state index in [1.165, 1.54) is 30.4 Å². The van der Waals surface area contributed by atoms with Gasteiger partial charge in [0, 0.05) is 0 Å². The minimum absolute atomic E-state index is 0.0330. The Bertz CT molecular complexity index is 466. The molecule has 0 aliphatic heterocycles. The smallest absolute Gasteiger partial charge is 0.340 e. The molecule has 0 heterocycles. The quantitative estimate of drug-likeness (QED) is 0.481. The van der Waals surface area contributed by atoms with Crippen molar-refractivity contribution in [3.8, 4) is 0 Å². The van der Waals surface area contributed by atoms with Crippen LogP contribution in [0.5, 0.6) is 0 Å². The monoisotopic (exact) mass is 261 g/mol. The van der Waals surface area contributed by atoms with Crippen molar-refractivity contribution in [1.82, 2.24) is 0 Å². The van der Waals surface area contributed by atoms with Crippen LogP contribution in [0.1, 0.15) is 20.7 Å². The Morgan fingerprint density at radius 1 is 1.05 bits per heavy atom. The number of hydrogen-bond donors (Lipinski definition) is 1. The zero-order valence-electron chi connectivity index (χ0n) is 10.4. The molecule has 5 nitrogen and oxygen atoms in total. The van der Waals surface area contributed by atoms with Crippen LogP contribution in [0, 0.1) is 0 Å². The third kappa shape index (κ3) is 3.70. The van der Waals surface area contributed by atoms with Crippen LogP contribution in [-0.4, -0.2) is 25.2 Å². The molecule has 1 rings (SSSR count). The SMILES string of the molecule is C=CCOC(=O)c1cccc(C(=O)OCC=C)c1N. The lowest BCUT2D eigenvalue weighted by molar-refractivity contribution is 0.0551. The maximum Gasteiger partial charge on any atom is 0.340 e. The summed E-state index contributed by atoms with van der Waals surface area (Å²) >= 11 is 0. The van der Waals surface area contributed by atoms with Crippen LogP contribution in [0.15, 0.2) is 43.5 Å². The number of benzene rings is 1. The largest absolute Gasteiger partial charge is 0.458 e. The first-order valence-corrected chi connectivity index (χ1v) is 5.56. The number of para-hydroxylation sites is 1. The van der Waals surface area contributed by atoms with Crippen molar-refractivity contribution in [2.24, 2.45) is 0 Å². The van der Waals surface area contributed by atoms with Crippen molar-refractivity contribution in [2.45, 2.75) is 0 Å². The number of nitrogens with two attached hydrogens (primary N) is 1. The van der Waals surface area contributed by atoms with Crippen LogP contribution in [-0.2, 0) is 9.47 Å². The summed E-state index contributed by atoms with van der Waals surface area (Å²) in [4.78, 5) is 23.4. The second-order valence-electron chi connectivity index (χ2n) is 3.54. The topological polar surface area (TPSA) is 78.6 Å². The van der Waals surface area contributed by atoms with E-state index in [-0.39, 0.29) is 30.0 Å². The first-order valence-electron chi connectivity index (χ1n) is 5.56. The Morgan fingerprint density at radius 3 is 1.84 bits per heavy atom. The second kappa shape index (κ2) is 7.00. The summed E-state index contributed by atoms with van der Waals surface area (Å²) in [5.74, 6) is -1.23. The van der Waals surface area contributed by atoms with E-state index < -0.39 is 11.9 Å². The molecule has 19 heavy (non-hydrogen) atoms. The van der Waals surface area contributed by atoms with Gasteiger partial charge in [0.05, 0.1) is 16.8 Å². The van der Waals surface area contributed by atoms with E-state index in [1.54, 1.807) is 0 Å². The summed E-state index contributed by atoms with van der Waals surface area (Å²) in [7, 11) is 0. The normalized spacial score (nSPS) is 9.47. The van der Waals surface area contributed by atoms with Gasteiger partial charge < -0.3 is 15.2 Å². The van der Waals surface area contributed by atoms with Crippen LogP contribution in [0.4, 0.5) is 5.69 Å². The third-order valence-electron chi connectivity index (χ3n) is 2.21. The fourth-order valence-electron chi connectivity index (χ4n) is 1.35. The van der Waals surface area contributed by atoms with Crippen LogP contribution in [0.2, 0.25) is 0 Å². The van der Waals surface area contributed by atoms with Gasteiger partial charge in [0.1, 0.15) is 13.2 Å². The number of hydrogen-bond acceptors (Lipinski definition) is 5. The molecule has 0 aliphatic carbocycles. The number of rotatable bonds is 6. The van der Waals surface area contributed by atoms with E-state index >= 15 is 0 Å². The minimum atomic E-state index is -0.615. The minimum Gasteiger partial charge on any atom is -0.458 e. The second-order valence-corrected chi connectivity index (χ2v) is 3.54. The molecule has 0 radical (unpaired) electrons. The Balaban J connectivity index is 2.97. The molecule has 0 saturated heterocycles. The standard InChI is InChI=1S/C14H15NO4/c1-3-8-18-13(16)10-6-5-7-11(12(10)15)14(17)19-9-4-2/h3-7H,1-2,8-9,15H2. The molecule has 0 fully saturated rings. The van der Waals surface area contributed by atoms with Gasteiger partial charge in [-0.1, -0.05) is 31.4 Å². The number of nitrogen functional groups attached to an aromatic ring is 1. The number of carbonyl (C=O) groups is 2. The molecule has 0 amide bonds. The van der Waals surface area contributed by atoms with Gasteiger partial charge in [-0.3, -0.25) is 0 Å². The van der Waals surface area contributed by atoms with Gasteiger partial charge in [-0.2, -0.15) is 0 Å². The van der Waals surface area contributed by atoms with E-state index in [2.05, 4.69) is 13.2 Å². The fourth-order valence-corrected chi connectivity index (χ4v) is 1.35. The van der Waals surface area contributed by atoms with E-state index in [1.807, 2.05) is 0 Å². The summed E-state index contributed by atoms with van der Waals surface area (Å²) in [6, 6.07) is 4.49. The van der Waals surface area contributed by atoms with Crippen molar-refractivity contribution in [2.75, 3.05) is 18.9 Å². The van der Waals surface area contributed by atoms with E-state index in [9.17, 15) is 9.59 Å². The Labute approximate surface area is 111 Å². The van der Waals surface area contributed by atoms with Crippen molar-refractivity contribution < 1.29 is 19.1 Å². The van der Waals surface area contributed by atoms with Crippen LogP contribution >= 0.6 is 0 Å². The molecular weight excluding hydrogens is 246 g/mol. The Hall–Kier alpha value is -2.56. The van der Waals surface area contributed by atoms with E-state index in [4.69, 9.17) is 15.2 Å². The van der Waals surface area contributed by atoms with E-state index in [0.717, 1.165) is 0 Å². The van der Waals surface area contributed by atoms with Gasteiger partial charge in [-0.05, 0) is 12.1 Å². The first-order chi connectivity index (χ1) is 9.11. The fraction of sp³-hybridized carbons (Fsp3) is 0.143. The summed E-state index contributed by atoms with van der Waals surface area (Å²) in [6.45, 7) is 7.02. The molecule has 0 bridgehead atoms. The van der Waals surface area contributed by atoms with E-state index in [0.29, 0.717) is 0 Å². The molecule has 0 spiro atoms. The number of esters is 2. The highest BCUT2D eigenvalue weighted by Crippen LogP contribution is 2.19. The lowest BCUT2D eigenvalue weighted by Crippen LogP contribution is -2.14. The summed E-state index contributed by atoms with van der Waals surface area (Å²) in [5, 5.41) is 0. The molecule has 0 unspecified atom stereocenters. The molecule has 0 aliphatic rings. The van der Waals surface area contributed by atoms with Gasteiger partial charge >= 0.3 is 11.9 Å². The molecule has 0 saturated carbocycles. The Morgan fingerprint density at radius 2 is 1.47 bits per heavy atom. The highest BCUT2D eigenvalue weighted by Gasteiger charge is 2.18. The van der Waals surface area contributed by atoms with Crippen LogP contribution < -0.4 is 5.73 Å². The lowest BCUT2D eigenvalue weighted by Gasteiger charge is -2.09. The zero-order chi connectivity index (χ0) is 14.3. The average molecular weight is 261 g/mol. The zero-order valence-corrected chi connectivity index (χ0v) is 10.4. The maximum absolute atomic E-state index is 11.7. The van der Waals surface area contributed by atoms with Gasteiger partial charge in [0.2, 0.25) is 0 Å². The van der Waals surface area contributed by atoms with Gasteiger partial charge in [-0.25, -0.2) is 9.59 Å². The lowest BCUT2D eigenvalue weighted by atomic mass is 10.1. The predicted molar refractivity (Wildman–Crippen MR) is 71.8 cm³/mol. The maximum atomic E-state index is 11.7. The molecule has 0 atom stereocenters. The molecular formula is C14H15NO4. The van der Waals surface area contributed by atoms with Crippen molar-refractivity contribution in [1.29, 1.82) is 0 Å². The molecule has 0 aromatic heterocycles. The Kier molecular flexibility index (Phi) is 5.35. The molecule has 5 heteroatoms. The van der Waals surface area contributed by atoms with Gasteiger partial charge in [0.25, 0.3) is 0 Å². The molecule has 1 aromatic rings. The number of carbonyl (C=O) groups excluding carboxylic acids is 2. The third-order valence-corrected chi connectivity index (χ3v) is 2.21. The van der Waals surface area contributed by atoms with Gasteiger partial charge in [-0.15, -0.1) is 0 Å².